The van der Waals surface area contributed by atoms with Gasteiger partial charge in [-0.3, -0.25) is 9.78 Å². The van der Waals surface area contributed by atoms with E-state index in [0.717, 1.165) is 27.8 Å². The van der Waals surface area contributed by atoms with Crippen LogP contribution in [0.15, 0.2) is 77.0 Å². The minimum Gasteiger partial charge on any atom is -0.486 e. The molecule has 0 unspecified atom stereocenters. The average Bonchev–Trinajstić information content (AvgIpc) is 3.46. The summed E-state index contributed by atoms with van der Waals surface area (Å²) in [6, 6.07) is 15.4. The number of pyridine rings is 1. The van der Waals surface area contributed by atoms with E-state index in [2.05, 4.69) is 9.97 Å². The lowest BCUT2D eigenvalue weighted by molar-refractivity contribution is -0.132. The summed E-state index contributed by atoms with van der Waals surface area (Å²) in [4.78, 5) is 23.5. The maximum absolute atomic E-state index is 13.1. The van der Waals surface area contributed by atoms with Gasteiger partial charge >= 0.3 is 0 Å². The van der Waals surface area contributed by atoms with Crippen molar-refractivity contribution in [1.29, 1.82) is 0 Å². The van der Waals surface area contributed by atoms with Gasteiger partial charge in [-0.25, -0.2) is 4.98 Å². The Hall–Kier alpha value is -3.45. The molecule has 158 valence electrons. The zero-order valence-electron chi connectivity index (χ0n) is 17.2. The number of carbonyl (C=O) groups excluding carboxylic acids is 1. The molecule has 3 aromatic heterocycles. The quantitative estimate of drug-likeness (QED) is 0.380. The van der Waals surface area contributed by atoms with E-state index in [0.29, 0.717) is 19.7 Å². The largest absolute Gasteiger partial charge is 0.486 e. The Morgan fingerprint density at radius 2 is 2.00 bits per heavy atom. The summed E-state index contributed by atoms with van der Waals surface area (Å²) < 4.78 is 11.2. The maximum Gasteiger partial charge on any atom is 0.229 e. The molecular formula is C24H23N3O3S. The summed E-state index contributed by atoms with van der Waals surface area (Å²) >= 11 is 1.50. The molecule has 1 amide bonds. The van der Waals surface area contributed by atoms with Gasteiger partial charge in [0.2, 0.25) is 5.91 Å². The molecule has 3 heterocycles. The third kappa shape index (κ3) is 6.02. The van der Waals surface area contributed by atoms with Gasteiger partial charge in [0.15, 0.2) is 0 Å². The van der Waals surface area contributed by atoms with Crippen LogP contribution in [0.25, 0.3) is 0 Å². The average molecular weight is 434 g/mol. The second-order valence-corrected chi connectivity index (χ2v) is 8.14. The molecule has 0 aliphatic carbocycles. The van der Waals surface area contributed by atoms with E-state index in [-0.39, 0.29) is 12.3 Å². The van der Waals surface area contributed by atoms with Crippen LogP contribution in [-0.4, -0.2) is 20.8 Å². The van der Waals surface area contributed by atoms with Gasteiger partial charge in [0.1, 0.15) is 23.1 Å². The molecule has 4 rings (SSSR count). The molecule has 0 spiro atoms. The maximum atomic E-state index is 13.1. The van der Waals surface area contributed by atoms with Crippen molar-refractivity contribution < 1.29 is 13.9 Å². The molecule has 0 saturated heterocycles. The second kappa shape index (κ2) is 10.0. The number of ether oxygens (including phenoxy) is 1. The first kappa shape index (κ1) is 20.8. The molecule has 0 saturated carbocycles. The smallest absolute Gasteiger partial charge is 0.229 e. The van der Waals surface area contributed by atoms with Gasteiger partial charge in [-0.2, -0.15) is 0 Å². The first-order chi connectivity index (χ1) is 15.2. The molecule has 6 nitrogen and oxygen atoms in total. The number of rotatable bonds is 9. The molecule has 0 aliphatic rings. The standard InChI is InChI=1S/C24H23N3O3S/c1-18-6-8-21(9-7-18)30-16-23-26-20(17-31-23)12-24(28)27(15-22-5-3-11-29-22)14-19-4-2-10-25-13-19/h2-11,13,17H,12,14-16H2,1H3. The fraction of sp³-hybridized carbons (Fsp3) is 0.208. The predicted molar refractivity (Wildman–Crippen MR) is 119 cm³/mol. The SMILES string of the molecule is Cc1ccc(OCc2nc(CC(=O)N(Cc3cccnc3)Cc3ccco3)cs2)cc1. The lowest BCUT2D eigenvalue weighted by Crippen LogP contribution is -2.31. The van der Waals surface area contributed by atoms with E-state index in [1.807, 2.05) is 60.8 Å². The molecule has 0 fully saturated rings. The first-order valence-corrected chi connectivity index (χ1v) is 10.9. The Morgan fingerprint density at radius 1 is 1.13 bits per heavy atom. The number of hydrogen-bond donors (Lipinski definition) is 0. The topological polar surface area (TPSA) is 68.5 Å². The van der Waals surface area contributed by atoms with Crippen molar-refractivity contribution in [3.8, 4) is 5.75 Å². The number of furan rings is 1. The van der Waals surface area contributed by atoms with Crippen LogP contribution >= 0.6 is 11.3 Å². The van der Waals surface area contributed by atoms with Crippen molar-refractivity contribution in [2.75, 3.05) is 0 Å². The predicted octanol–water partition coefficient (Wildman–Crippen LogP) is 4.79. The van der Waals surface area contributed by atoms with Crippen LogP contribution in [0.2, 0.25) is 0 Å². The van der Waals surface area contributed by atoms with Crippen LogP contribution < -0.4 is 4.74 Å². The number of carbonyl (C=O) groups is 1. The molecule has 0 N–H and O–H groups in total. The number of aromatic nitrogens is 2. The summed E-state index contributed by atoms with van der Waals surface area (Å²) in [5, 5.41) is 2.76. The first-order valence-electron chi connectivity index (χ1n) is 9.97. The monoisotopic (exact) mass is 433 g/mol. The Labute approximate surface area is 185 Å². The summed E-state index contributed by atoms with van der Waals surface area (Å²) in [5.41, 5.74) is 2.90. The molecular weight excluding hydrogens is 410 g/mol. The Morgan fingerprint density at radius 3 is 2.74 bits per heavy atom. The molecule has 4 aromatic rings. The van der Waals surface area contributed by atoms with Crippen molar-refractivity contribution >= 4 is 17.2 Å². The number of amides is 1. The molecule has 7 heteroatoms. The summed E-state index contributed by atoms with van der Waals surface area (Å²) in [6.45, 7) is 3.28. The van der Waals surface area contributed by atoms with Gasteiger partial charge in [-0.05, 0) is 42.8 Å². The number of benzene rings is 1. The number of nitrogens with zero attached hydrogens (tertiary/aromatic N) is 3. The van der Waals surface area contributed by atoms with Crippen molar-refractivity contribution in [2.24, 2.45) is 0 Å². The Balaban J connectivity index is 1.38. The van der Waals surface area contributed by atoms with Crippen molar-refractivity contribution in [1.82, 2.24) is 14.9 Å². The van der Waals surface area contributed by atoms with E-state index in [1.54, 1.807) is 23.6 Å². The number of hydrogen-bond acceptors (Lipinski definition) is 6. The number of thiazole rings is 1. The minimum absolute atomic E-state index is 0.0171. The van der Waals surface area contributed by atoms with Gasteiger partial charge in [0, 0.05) is 24.3 Å². The molecule has 0 bridgehead atoms. The Bertz CT molecular complexity index is 1090. The van der Waals surface area contributed by atoms with Gasteiger partial charge in [0.05, 0.1) is 24.9 Å². The van der Waals surface area contributed by atoms with Gasteiger partial charge < -0.3 is 14.1 Å². The highest BCUT2D eigenvalue weighted by Gasteiger charge is 2.18. The second-order valence-electron chi connectivity index (χ2n) is 7.20. The van der Waals surface area contributed by atoms with Crippen LogP contribution in [0.5, 0.6) is 5.75 Å². The summed E-state index contributed by atoms with van der Waals surface area (Å²) in [6.07, 6.45) is 5.33. The Kier molecular flexibility index (Phi) is 6.74. The fourth-order valence-corrected chi connectivity index (χ4v) is 3.78. The van der Waals surface area contributed by atoms with Gasteiger partial charge in [-0.15, -0.1) is 11.3 Å². The lowest BCUT2D eigenvalue weighted by Gasteiger charge is -2.21. The van der Waals surface area contributed by atoms with Gasteiger partial charge in [0.25, 0.3) is 0 Å². The van der Waals surface area contributed by atoms with Crippen LogP contribution in [-0.2, 0) is 30.9 Å². The van der Waals surface area contributed by atoms with Crippen LogP contribution in [0.3, 0.4) is 0 Å². The third-order valence-electron chi connectivity index (χ3n) is 4.69. The lowest BCUT2D eigenvalue weighted by atomic mass is 10.2. The van der Waals surface area contributed by atoms with Crippen molar-refractivity contribution in [2.45, 2.75) is 33.0 Å². The third-order valence-corrected chi connectivity index (χ3v) is 5.56. The van der Waals surface area contributed by atoms with Crippen molar-refractivity contribution in [3.05, 3.63) is 100 Å². The zero-order chi connectivity index (χ0) is 21.5. The highest BCUT2D eigenvalue weighted by Crippen LogP contribution is 2.18. The summed E-state index contributed by atoms with van der Waals surface area (Å²) in [5.74, 6) is 1.53. The normalized spacial score (nSPS) is 10.7. The summed E-state index contributed by atoms with van der Waals surface area (Å²) in [7, 11) is 0. The fourth-order valence-electron chi connectivity index (χ4n) is 3.08. The van der Waals surface area contributed by atoms with Crippen LogP contribution in [0, 0.1) is 6.92 Å². The van der Waals surface area contributed by atoms with E-state index in [1.165, 1.54) is 16.9 Å². The van der Waals surface area contributed by atoms with Crippen LogP contribution in [0.4, 0.5) is 0 Å². The molecule has 0 radical (unpaired) electrons. The van der Waals surface area contributed by atoms with E-state index in [9.17, 15) is 4.79 Å². The molecule has 1 aromatic carbocycles. The van der Waals surface area contributed by atoms with Gasteiger partial charge in [-0.1, -0.05) is 23.8 Å². The molecule has 0 atom stereocenters. The number of aryl methyl sites for hydroxylation is 1. The van der Waals surface area contributed by atoms with Crippen molar-refractivity contribution in [3.63, 3.8) is 0 Å². The highest BCUT2D eigenvalue weighted by molar-refractivity contribution is 7.09. The van der Waals surface area contributed by atoms with Crippen LogP contribution in [0.1, 0.15) is 27.6 Å². The zero-order valence-corrected chi connectivity index (χ0v) is 18.0. The van der Waals surface area contributed by atoms with E-state index in [4.69, 9.17) is 9.15 Å². The van der Waals surface area contributed by atoms with E-state index < -0.39 is 0 Å². The minimum atomic E-state index is -0.0171. The van der Waals surface area contributed by atoms with E-state index >= 15 is 0 Å². The highest BCUT2D eigenvalue weighted by atomic mass is 32.1. The molecule has 0 aliphatic heterocycles. The molecule has 31 heavy (non-hydrogen) atoms.